The van der Waals surface area contributed by atoms with Crippen molar-refractivity contribution in [3.05, 3.63) is 24.2 Å². The van der Waals surface area contributed by atoms with E-state index in [1.165, 1.54) is 17.4 Å². The minimum absolute atomic E-state index is 0.0211. The molecule has 2 unspecified atom stereocenters. The maximum absolute atomic E-state index is 14.3. The number of furan rings is 1. The van der Waals surface area contributed by atoms with E-state index >= 15 is 0 Å². The molecular weight excluding hydrogens is 606 g/mol. The van der Waals surface area contributed by atoms with Crippen LogP contribution in [0.3, 0.4) is 0 Å². The fraction of sp³-hybridized carbons (Fsp3) is 0.706. The third-order valence-electron chi connectivity index (χ3n) is 8.75. The van der Waals surface area contributed by atoms with E-state index in [1.54, 1.807) is 26.8 Å². The zero-order valence-corrected chi connectivity index (χ0v) is 29.0. The Morgan fingerprint density at radius 1 is 0.979 bits per heavy atom. The normalized spacial score (nSPS) is 20.2. The summed E-state index contributed by atoms with van der Waals surface area (Å²) in [5.74, 6) is -3.58. The van der Waals surface area contributed by atoms with Crippen LogP contribution in [-0.2, 0) is 35.3 Å². The molecular formula is C34H53N5O8. The maximum Gasteiger partial charge on any atom is 0.329 e. The molecule has 262 valence electrons. The van der Waals surface area contributed by atoms with Crippen molar-refractivity contribution in [1.82, 2.24) is 20.9 Å². The molecule has 0 radical (unpaired) electrons. The summed E-state index contributed by atoms with van der Waals surface area (Å²) in [6.07, 6.45) is 5.86. The van der Waals surface area contributed by atoms with E-state index < -0.39 is 65.1 Å². The van der Waals surface area contributed by atoms with Gasteiger partial charge in [-0.3, -0.25) is 19.2 Å². The van der Waals surface area contributed by atoms with Crippen molar-refractivity contribution in [2.45, 2.75) is 118 Å². The number of carbonyl (C=O) groups excluding carboxylic acids is 6. The van der Waals surface area contributed by atoms with Crippen LogP contribution in [0.4, 0.5) is 4.79 Å². The number of carbonyl (C=O) groups is 6. The molecule has 0 spiro atoms. The van der Waals surface area contributed by atoms with Crippen LogP contribution in [0.1, 0.15) is 93.1 Å². The second-order valence-corrected chi connectivity index (χ2v) is 15.6. The molecule has 5 atom stereocenters. The van der Waals surface area contributed by atoms with Gasteiger partial charge in [0.15, 0.2) is 0 Å². The third kappa shape index (κ3) is 10.8. The monoisotopic (exact) mass is 659 g/mol. The number of esters is 1. The number of hydrogen-bond acceptors (Lipinski definition) is 8. The Morgan fingerprint density at radius 3 is 2.15 bits per heavy atom. The van der Waals surface area contributed by atoms with Crippen LogP contribution in [0, 0.1) is 28.6 Å². The smallest absolute Gasteiger partial charge is 0.329 e. The number of ether oxygens (including phenoxy) is 1. The lowest BCUT2D eigenvalue weighted by Crippen LogP contribution is -2.61. The molecule has 2 aliphatic rings. The first-order chi connectivity index (χ1) is 21.8. The fourth-order valence-electron chi connectivity index (χ4n) is 6.03. The van der Waals surface area contributed by atoms with Gasteiger partial charge in [0, 0.05) is 12.1 Å². The molecule has 3 rings (SSSR count). The maximum atomic E-state index is 14.3. The first-order valence-electron chi connectivity index (χ1n) is 16.5. The van der Waals surface area contributed by atoms with Gasteiger partial charge in [0.2, 0.25) is 17.6 Å². The first-order valence-corrected chi connectivity index (χ1v) is 16.5. The van der Waals surface area contributed by atoms with E-state index in [4.69, 9.17) is 14.9 Å². The van der Waals surface area contributed by atoms with Gasteiger partial charge in [0.25, 0.3) is 5.91 Å². The van der Waals surface area contributed by atoms with Crippen molar-refractivity contribution in [1.29, 1.82) is 0 Å². The predicted octanol–water partition coefficient (Wildman–Crippen LogP) is 3.05. The highest BCUT2D eigenvalue weighted by Crippen LogP contribution is 2.35. The van der Waals surface area contributed by atoms with Crippen molar-refractivity contribution >= 4 is 35.5 Å². The summed E-state index contributed by atoms with van der Waals surface area (Å²) in [6.45, 7) is 15.3. The van der Waals surface area contributed by atoms with Crippen molar-refractivity contribution in [2.75, 3.05) is 6.54 Å². The number of nitrogens with one attached hydrogen (secondary N) is 3. The van der Waals surface area contributed by atoms with Gasteiger partial charge in [-0.05, 0) is 53.9 Å². The quantitative estimate of drug-likeness (QED) is 0.173. The SMILES string of the molecule is CC(C)C1CCN(C(=O)[C@@H](NC(=O)N[C@@H](CC(C)(C)C)C(=O)OCc2ccoc2)C(C)(C)C)[C@@H]1C(=O)NC(CC1CC1)C(=O)C(N)=O. The Balaban J connectivity index is 1.80. The molecule has 2 heterocycles. The molecule has 5 amide bonds. The number of hydrogen-bond donors (Lipinski definition) is 4. The minimum Gasteiger partial charge on any atom is -0.472 e. The zero-order valence-electron chi connectivity index (χ0n) is 29.0. The van der Waals surface area contributed by atoms with E-state index in [2.05, 4.69) is 16.0 Å². The van der Waals surface area contributed by atoms with E-state index in [0.29, 0.717) is 18.4 Å². The summed E-state index contributed by atoms with van der Waals surface area (Å²) < 4.78 is 10.5. The summed E-state index contributed by atoms with van der Waals surface area (Å²) in [7, 11) is 0. The van der Waals surface area contributed by atoms with Gasteiger partial charge < -0.3 is 35.7 Å². The van der Waals surface area contributed by atoms with Crippen molar-refractivity contribution < 1.29 is 37.9 Å². The van der Waals surface area contributed by atoms with E-state index in [-0.39, 0.29) is 42.7 Å². The fourth-order valence-corrected chi connectivity index (χ4v) is 6.03. The molecule has 1 saturated carbocycles. The first kappa shape index (κ1) is 37.6. The van der Waals surface area contributed by atoms with Crippen LogP contribution >= 0.6 is 0 Å². The van der Waals surface area contributed by atoms with Crippen LogP contribution in [0.2, 0.25) is 0 Å². The average Bonchev–Trinajstić information content (AvgIpc) is 3.41. The van der Waals surface area contributed by atoms with Crippen LogP contribution in [0.5, 0.6) is 0 Å². The molecule has 5 N–H and O–H groups in total. The molecule has 1 aromatic heterocycles. The number of urea groups is 1. The average molecular weight is 660 g/mol. The number of ketones is 1. The Kier molecular flexibility index (Phi) is 12.3. The molecule has 1 saturated heterocycles. The Morgan fingerprint density at radius 2 is 1.64 bits per heavy atom. The van der Waals surface area contributed by atoms with Gasteiger partial charge in [-0.15, -0.1) is 0 Å². The lowest BCUT2D eigenvalue weighted by atomic mass is 9.84. The number of likely N-dealkylation sites (tertiary alicyclic amines) is 1. The minimum atomic E-state index is -1.12. The van der Waals surface area contributed by atoms with Crippen LogP contribution in [0.15, 0.2) is 23.0 Å². The van der Waals surface area contributed by atoms with Gasteiger partial charge in [-0.25, -0.2) is 9.59 Å². The standard InChI is InChI=1S/C34H53N5O8/c1-19(2)22-11-13-39(25(22)29(42)36-23(15-20-9-10-20)26(40)28(35)41)30(43)27(34(6,7)8)38-32(45)37-24(16-33(3,4)5)31(44)47-18-21-12-14-46-17-21/h12,14,17,19-20,22-25,27H,9-11,13,15-16,18H2,1-8H3,(H2,35,41)(H,36,42)(H2,37,38,45)/t22?,23?,24-,25-,27+/m0/s1. The van der Waals surface area contributed by atoms with Crippen LogP contribution in [-0.4, -0.2) is 71.1 Å². The summed E-state index contributed by atoms with van der Waals surface area (Å²) in [6, 6.07) is -3.12. The Bertz CT molecular complexity index is 1290. The third-order valence-corrected chi connectivity index (χ3v) is 8.75. The molecule has 1 aliphatic heterocycles. The van der Waals surface area contributed by atoms with E-state index in [0.717, 1.165) is 12.8 Å². The second kappa shape index (κ2) is 15.3. The van der Waals surface area contributed by atoms with Crippen molar-refractivity contribution in [2.24, 2.45) is 34.3 Å². The molecule has 13 nitrogen and oxygen atoms in total. The van der Waals surface area contributed by atoms with Gasteiger partial charge in [0.1, 0.15) is 24.7 Å². The van der Waals surface area contributed by atoms with Gasteiger partial charge in [-0.2, -0.15) is 0 Å². The lowest BCUT2D eigenvalue weighted by molar-refractivity contribution is -0.148. The molecule has 2 fully saturated rings. The Labute approximate surface area is 277 Å². The summed E-state index contributed by atoms with van der Waals surface area (Å²) >= 11 is 0. The molecule has 47 heavy (non-hydrogen) atoms. The van der Waals surface area contributed by atoms with E-state index in [1.807, 2.05) is 34.6 Å². The van der Waals surface area contributed by atoms with Crippen molar-refractivity contribution in [3.63, 3.8) is 0 Å². The summed E-state index contributed by atoms with van der Waals surface area (Å²) in [4.78, 5) is 80.5. The Hall–Kier alpha value is -3.90. The largest absolute Gasteiger partial charge is 0.472 e. The summed E-state index contributed by atoms with van der Waals surface area (Å²) in [5.41, 5.74) is 4.82. The molecule has 0 bridgehead atoms. The molecule has 0 aromatic carbocycles. The highest BCUT2D eigenvalue weighted by atomic mass is 16.5. The predicted molar refractivity (Wildman–Crippen MR) is 173 cm³/mol. The highest BCUT2D eigenvalue weighted by molar-refractivity contribution is 6.37. The summed E-state index contributed by atoms with van der Waals surface area (Å²) in [5, 5.41) is 8.22. The van der Waals surface area contributed by atoms with Crippen LogP contribution in [0.25, 0.3) is 0 Å². The number of Topliss-reactive ketones (excluding diaryl/α,β-unsaturated/α-hetero) is 1. The highest BCUT2D eigenvalue weighted by Gasteiger charge is 2.48. The van der Waals surface area contributed by atoms with Gasteiger partial charge >= 0.3 is 12.0 Å². The van der Waals surface area contributed by atoms with Crippen molar-refractivity contribution in [3.8, 4) is 0 Å². The molecule has 1 aromatic rings. The number of nitrogens with two attached hydrogens (primary N) is 1. The lowest BCUT2D eigenvalue weighted by Gasteiger charge is -2.37. The number of amides is 5. The van der Waals surface area contributed by atoms with Gasteiger partial charge in [0.05, 0.1) is 18.6 Å². The number of rotatable bonds is 14. The molecule has 13 heteroatoms. The van der Waals surface area contributed by atoms with E-state index in [9.17, 15) is 28.8 Å². The number of nitrogens with zero attached hydrogens (tertiary/aromatic N) is 1. The van der Waals surface area contributed by atoms with Crippen LogP contribution < -0.4 is 21.7 Å². The van der Waals surface area contributed by atoms with Gasteiger partial charge in [-0.1, -0.05) is 68.2 Å². The zero-order chi connectivity index (χ0) is 35.3. The number of primary amides is 1. The topological polar surface area (TPSA) is 190 Å². The second-order valence-electron chi connectivity index (χ2n) is 15.6. The molecule has 1 aliphatic carbocycles.